The van der Waals surface area contributed by atoms with Crippen LogP contribution in [-0.4, -0.2) is 15.5 Å². The summed E-state index contributed by atoms with van der Waals surface area (Å²) in [5.74, 6) is 0.938. The third-order valence-electron chi connectivity index (χ3n) is 3.43. The third-order valence-corrected chi connectivity index (χ3v) is 6.97. The number of hydrogen-bond acceptors (Lipinski definition) is 1. The van der Waals surface area contributed by atoms with Gasteiger partial charge in [0, 0.05) is 9.78 Å². The molecule has 3 aromatic rings. The van der Waals surface area contributed by atoms with Crippen molar-refractivity contribution in [2.24, 2.45) is 0 Å². The SMILES string of the molecule is B.COc1ccccc1[P@@](c1ccccc1)c1ccccc1Br. The predicted octanol–water partition coefficient (Wildman–Crippen LogP) is 3.03. The molecule has 0 heterocycles. The van der Waals surface area contributed by atoms with Gasteiger partial charge >= 0.3 is 0 Å². The highest BCUT2D eigenvalue weighted by atomic mass is 79.9. The van der Waals surface area contributed by atoms with Crippen molar-refractivity contribution in [2.45, 2.75) is 0 Å². The summed E-state index contributed by atoms with van der Waals surface area (Å²) in [5.41, 5.74) is 0. The Morgan fingerprint density at radius 3 is 1.96 bits per heavy atom. The van der Waals surface area contributed by atoms with Gasteiger partial charge in [0.1, 0.15) is 5.75 Å². The smallest absolute Gasteiger partial charge is 0.127 e. The molecule has 0 unspecified atom stereocenters. The van der Waals surface area contributed by atoms with Crippen LogP contribution in [0.5, 0.6) is 5.75 Å². The van der Waals surface area contributed by atoms with Gasteiger partial charge in [0.05, 0.1) is 15.5 Å². The van der Waals surface area contributed by atoms with Crippen LogP contribution in [0.15, 0.2) is 83.3 Å². The molecule has 0 aliphatic rings. The van der Waals surface area contributed by atoms with E-state index in [-0.39, 0.29) is 8.41 Å². The molecule has 23 heavy (non-hydrogen) atoms. The summed E-state index contributed by atoms with van der Waals surface area (Å²) < 4.78 is 6.75. The average Bonchev–Trinajstić information content (AvgIpc) is 2.58. The molecule has 0 bridgehead atoms. The van der Waals surface area contributed by atoms with Crippen molar-refractivity contribution in [1.29, 1.82) is 0 Å². The minimum atomic E-state index is -0.665. The Kier molecular flexibility index (Phi) is 6.44. The number of hydrogen-bond donors (Lipinski definition) is 0. The molecule has 4 heteroatoms. The molecule has 0 amide bonds. The molecule has 3 aromatic carbocycles. The van der Waals surface area contributed by atoms with Crippen LogP contribution in [0.3, 0.4) is 0 Å². The highest BCUT2D eigenvalue weighted by molar-refractivity contribution is 9.10. The molecule has 0 aromatic heterocycles. The predicted molar refractivity (Wildman–Crippen MR) is 109 cm³/mol. The van der Waals surface area contributed by atoms with Gasteiger partial charge in [0.15, 0.2) is 0 Å². The van der Waals surface area contributed by atoms with Crippen LogP contribution in [0.25, 0.3) is 0 Å². The van der Waals surface area contributed by atoms with Crippen LogP contribution in [0, 0.1) is 0 Å². The Morgan fingerprint density at radius 2 is 1.30 bits per heavy atom. The van der Waals surface area contributed by atoms with Crippen LogP contribution in [-0.2, 0) is 0 Å². The monoisotopic (exact) mass is 384 g/mol. The minimum Gasteiger partial charge on any atom is -0.496 e. The van der Waals surface area contributed by atoms with Crippen LogP contribution in [0.2, 0.25) is 0 Å². The Morgan fingerprint density at radius 1 is 0.739 bits per heavy atom. The second-order valence-corrected chi connectivity index (χ2v) is 7.80. The van der Waals surface area contributed by atoms with Crippen molar-refractivity contribution in [2.75, 3.05) is 7.11 Å². The normalized spacial score (nSPS) is 11.4. The second kappa shape index (κ2) is 8.33. The Balaban J connectivity index is 0.00000192. The van der Waals surface area contributed by atoms with Gasteiger partial charge in [-0.25, -0.2) is 0 Å². The second-order valence-electron chi connectivity index (χ2n) is 4.79. The number of rotatable bonds is 4. The van der Waals surface area contributed by atoms with Crippen LogP contribution >= 0.6 is 23.9 Å². The molecular formula is C19H19BBrOP. The molecule has 116 valence electrons. The van der Waals surface area contributed by atoms with E-state index < -0.39 is 7.92 Å². The van der Waals surface area contributed by atoms with E-state index >= 15 is 0 Å². The van der Waals surface area contributed by atoms with Gasteiger partial charge in [-0.15, -0.1) is 0 Å². The summed E-state index contributed by atoms with van der Waals surface area (Å²) >= 11 is 3.71. The average molecular weight is 385 g/mol. The Bertz CT molecular complexity index is 764. The molecule has 0 saturated heterocycles. The maximum Gasteiger partial charge on any atom is 0.127 e. The van der Waals surface area contributed by atoms with Crippen molar-refractivity contribution in [3.63, 3.8) is 0 Å². The molecule has 0 fully saturated rings. The lowest BCUT2D eigenvalue weighted by Crippen LogP contribution is -2.22. The lowest BCUT2D eigenvalue weighted by Gasteiger charge is -2.22. The van der Waals surface area contributed by atoms with E-state index in [1.54, 1.807) is 7.11 Å². The van der Waals surface area contributed by atoms with E-state index in [1.807, 2.05) is 18.2 Å². The number of para-hydroxylation sites is 1. The van der Waals surface area contributed by atoms with Gasteiger partial charge in [-0.2, -0.15) is 0 Å². The Labute approximate surface area is 149 Å². The minimum absolute atomic E-state index is 0. The number of methoxy groups -OCH3 is 1. The zero-order valence-electron chi connectivity index (χ0n) is 12.2. The van der Waals surface area contributed by atoms with Gasteiger partial charge in [0.2, 0.25) is 0 Å². The number of ether oxygens (including phenoxy) is 1. The first-order chi connectivity index (χ1) is 10.8. The maximum atomic E-state index is 5.61. The molecule has 0 aliphatic heterocycles. The summed E-state index contributed by atoms with van der Waals surface area (Å²) in [4.78, 5) is 0. The maximum absolute atomic E-state index is 5.61. The third kappa shape index (κ3) is 3.86. The van der Waals surface area contributed by atoms with Gasteiger partial charge in [-0.3, -0.25) is 0 Å². The zero-order chi connectivity index (χ0) is 15.4. The fourth-order valence-corrected chi connectivity index (χ4v) is 5.68. The van der Waals surface area contributed by atoms with Crippen molar-refractivity contribution >= 4 is 48.2 Å². The summed E-state index contributed by atoms with van der Waals surface area (Å²) in [7, 11) is 1.07. The van der Waals surface area contributed by atoms with Crippen molar-refractivity contribution < 1.29 is 4.74 Å². The highest BCUT2D eigenvalue weighted by Crippen LogP contribution is 2.38. The van der Waals surface area contributed by atoms with E-state index in [0.717, 1.165) is 10.2 Å². The van der Waals surface area contributed by atoms with E-state index in [4.69, 9.17) is 4.74 Å². The Hall–Kier alpha value is -1.57. The fraction of sp³-hybridized carbons (Fsp3) is 0.0526. The molecule has 0 N–H and O–H groups in total. The molecule has 1 atom stereocenters. The van der Waals surface area contributed by atoms with Gasteiger partial charge in [-0.05, 0) is 30.7 Å². The summed E-state index contributed by atoms with van der Waals surface area (Å²) in [6, 6.07) is 27.3. The van der Waals surface area contributed by atoms with Gasteiger partial charge in [0.25, 0.3) is 0 Å². The quantitative estimate of drug-likeness (QED) is 0.496. The van der Waals surface area contributed by atoms with Crippen molar-refractivity contribution in [3.05, 3.63) is 83.3 Å². The molecule has 0 radical (unpaired) electrons. The summed E-state index contributed by atoms with van der Waals surface area (Å²) in [6.07, 6.45) is 0. The van der Waals surface area contributed by atoms with Crippen LogP contribution < -0.4 is 20.7 Å². The first-order valence-electron chi connectivity index (χ1n) is 7.04. The van der Waals surface area contributed by atoms with Gasteiger partial charge in [-0.1, -0.05) is 82.7 Å². The molecule has 0 saturated carbocycles. The van der Waals surface area contributed by atoms with E-state index in [2.05, 4.69) is 76.6 Å². The fourth-order valence-electron chi connectivity index (χ4n) is 2.43. The van der Waals surface area contributed by atoms with E-state index in [1.165, 1.54) is 15.9 Å². The standard InChI is InChI=1S/C19H16BrOP.BH3/c1-21-17-12-6-8-14-19(17)22(15-9-3-2-4-10-15)18-13-7-5-11-16(18)20;/h2-14H,1H3;1H3/t22-;/m0./s1. The molecule has 0 spiro atoms. The lowest BCUT2D eigenvalue weighted by molar-refractivity contribution is 0.418. The van der Waals surface area contributed by atoms with E-state index in [9.17, 15) is 0 Å². The summed E-state index contributed by atoms with van der Waals surface area (Å²) in [6.45, 7) is 0. The molecule has 1 nitrogen and oxygen atoms in total. The number of benzene rings is 3. The lowest BCUT2D eigenvalue weighted by atomic mass is 10.3. The topological polar surface area (TPSA) is 9.23 Å². The summed E-state index contributed by atoms with van der Waals surface area (Å²) in [5, 5.41) is 3.85. The first kappa shape index (κ1) is 17.8. The molecule has 3 rings (SSSR count). The van der Waals surface area contributed by atoms with Gasteiger partial charge < -0.3 is 4.74 Å². The first-order valence-corrected chi connectivity index (χ1v) is 9.17. The largest absolute Gasteiger partial charge is 0.496 e. The zero-order valence-corrected chi connectivity index (χ0v) is 14.7. The van der Waals surface area contributed by atoms with E-state index in [0.29, 0.717) is 0 Å². The molecular weight excluding hydrogens is 366 g/mol. The van der Waals surface area contributed by atoms with Crippen LogP contribution in [0.4, 0.5) is 0 Å². The van der Waals surface area contributed by atoms with Crippen LogP contribution in [0.1, 0.15) is 0 Å². The highest BCUT2D eigenvalue weighted by Gasteiger charge is 2.21. The van der Waals surface area contributed by atoms with Crippen molar-refractivity contribution in [1.82, 2.24) is 0 Å². The van der Waals surface area contributed by atoms with Crippen molar-refractivity contribution in [3.8, 4) is 5.75 Å². The number of halogens is 1. The molecule has 0 aliphatic carbocycles.